The topological polar surface area (TPSA) is 88.1 Å². The Bertz CT molecular complexity index is 1130. The van der Waals surface area contributed by atoms with Gasteiger partial charge in [-0.05, 0) is 43.2 Å². The number of benzene rings is 1. The van der Waals surface area contributed by atoms with Crippen molar-refractivity contribution in [2.75, 3.05) is 13.1 Å². The number of fused-ring (bicyclic) bond motifs is 1. The van der Waals surface area contributed by atoms with Gasteiger partial charge in [0.1, 0.15) is 5.65 Å². The summed E-state index contributed by atoms with van der Waals surface area (Å²) in [7, 11) is 0. The second kappa shape index (κ2) is 7.00. The Hall–Kier alpha value is -2.93. The van der Waals surface area contributed by atoms with Crippen LogP contribution in [0.2, 0.25) is 5.02 Å². The number of aromatic nitrogens is 3. The van der Waals surface area contributed by atoms with Crippen molar-refractivity contribution in [2.45, 2.75) is 18.9 Å². The lowest BCUT2D eigenvalue weighted by atomic mass is 10.0. The lowest BCUT2D eigenvalue weighted by molar-refractivity contribution is 0.0692. The molecule has 4 rings (SSSR count). The minimum Gasteiger partial charge on any atom is -0.338 e. The number of halogens is 1. The van der Waals surface area contributed by atoms with Crippen LogP contribution in [0.5, 0.6) is 0 Å². The van der Waals surface area contributed by atoms with E-state index in [9.17, 15) is 14.4 Å². The molecule has 0 bridgehead atoms. The number of piperidine rings is 1. The van der Waals surface area contributed by atoms with Gasteiger partial charge in [0.15, 0.2) is 0 Å². The first-order valence-corrected chi connectivity index (χ1v) is 9.07. The fraction of sp³-hybridized carbons (Fsp3) is 0.263. The molecule has 2 aromatic heterocycles. The highest BCUT2D eigenvalue weighted by atomic mass is 35.5. The standard InChI is InChI=1S/C19H17ClN4O3/c20-13-4-1-3-12(11-13)17(25)23-9-6-14(7-10-23)24-18(26)15-5-2-8-21-16(15)22-19(24)27/h1-5,8,11,14H,6-7,9-10H2,(H,21,22,27). The predicted octanol–water partition coefficient (Wildman–Crippen LogP) is 2.22. The number of amides is 1. The molecule has 0 spiro atoms. The summed E-state index contributed by atoms with van der Waals surface area (Å²) in [5, 5.41) is 0.896. The fourth-order valence-corrected chi connectivity index (χ4v) is 3.71. The predicted molar refractivity (Wildman–Crippen MR) is 102 cm³/mol. The smallest absolute Gasteiger partial charge is 0.330 e. The number of carbonyl (C=O) groups is 1. The summed E-state index contributed by atoms with van der Waals surface area (Å²) < 4.78 is 1.26. The molecular weight excluding hydrogens is 368 g/mol. The lowest BCUT2D eigenvalue weighted by Gasteiger charge is -2.32. The Balaban J connectivity index is 1.56. The van der Waals surface area contributed by atoms with E-state index in [1.807, 2.05) is 0 Å². The Labute approximate surface area is 159 Å². The molecular formula is C19H17ClN4O3. The van der Waals surface area contributed by atoms with Crippen molar-refractivity contribution in [3.63, 3.8) is 0 Å². The summed E-state index contributed by atoms with van der Waals surface area (Å²) in [6.45, 7) is 0.930. The molecule has 0 atom stereocenters. The third kappa shape index (κ3) is 3.26. The molecule has 27 heavy (non-hydrogen) atoms. The van der Waals surface area contributed by atoms with Gasteiger partial charge < -0.3 is 4.90 Å². The van der Waals surface area contributed by atoms with Gasteiger partial charge in [-0.1, -0.05) is 17.7 Å². The molecule has 1 saturated heterocycles. The molecule has 1 amide bonds. The van der Waals surface area contributed by atoms with E-state index in [1.165, 1.54) is 10.8 Å². The molecule has 7 nitrogen and oxygen atoms in total. The number of likely N-dealkylation sites (tertiary alicyclic amines) is 1. The van der Waals surface area contributed by atoms with Gasteiger partial charge in [-0.2, -0.15) is 0 Å². The van der Waals surface area contributed by atoms with Crippen molar-refractivity contribution in [3.05, 3.63) is 74.0 Å². The molecule has 1 N–H and O–H groups in total. The summed E-state index contributed by atoms with van der Waals surface area (Å²) >= 11 is 5.96. The third-order valence-corrected chi connectivity index (χ3v) is 5.12. The number of nitrogens with one attached hydrogen (secondary N) is 1. The van der Waals surface area contributed by atoms with Crippen LogP contribution in [0.1, 0.15) is 29.2 Å². The number of pyridine rings is 1. The number of rotatable bonds is 2. The van der Waals surface area contributed by atoms with Crippen LogP contribution in [0.4, 0.5) is 0 Å². The number of carbonyl (C=O) groups excluding carboxylic acids is 1. The third-order valence-electron chi connectivity index (χ3n) is 4.89. The highest BCUT2D eigenvalue weighted by Crippen LogP contribution is 2.22. The first kappa shape index (κ1) is 17.5. The van der Waals surface area contributed by atoms with E-state index < -0.39 is 5.69 Å². The summed E-state index contributed by atoms with van der Waals surface area (Å²) in [6, 6.07) is 9.89. The number of nitrogens with zero attached hydrogens (tertiary/aromatic N) is 3. The average molecular weight is 385 g/mol. The first-order valence-electron chi connectivity index (χ1n) is 8.69. The number of hydrogen-bond acceptors (Lipinski definition) is 4. The molecule has 1 aliphatic heterocycles. The Kier molecular flexibility index (Phi) is 4.53. The van der Waals surface area contributed by atoms with E-state index >= 15 is 0 Å². The maximum absolute atomic E-state index is 12.7. The SMILES string of the molecule is O=C(c1cccc(Cl)c1)N1CCC(n2c(=O)[nH]c3ncccc3c2=O)CC1. The highest BCUT2D eigenvalue weighted by molar-refractivity contribution is 6.30. The number of aromatic amines is 1. The largest absolute Gasteiger partial charge is 0.338 e. The van der Waals surface area contributed by atoms with E-state index in [4.69, 9.17) is 11.6 Å². The minimum absolute atomic E-state index is 0.0973. The van der Waals surface area contributed by atoms with Crippen LogP contribution in [0.3, 0.4) is 0 Å². The van der Waals surface area contributed by atoms with Gasteiger partial charge in [0.25, 0.3) is 11.5 Å². The van der Waals surface area contributed by atoms with Crippen LogP contribution in [0.15, 0.2) is 52.2 Å². The molecule has 1 aliphatic rings. The molecule has 0 saturated carbocycles. The molecule has 138 valence electrons. The van der Waals surface area contributed by atoms with E-state index in [1.54, 1.807) is 41.3 Å². The molecule has 1 aromatic carbocycles. The van der Waals surface area contributed by atoms with Crippen LogP contribution >= 0.6 is 11.6 Å². The fourth-order valence-electron chi connectivity index (χ4n) is 3.52. The first-order chi connectivity index (χ1) is 13.0. The van der Waals surface area contributed by atoms with Gasteiger partial charge in [0, 0.05) is 35.9 Å². The van der Waals surface area contributed by atoms with Crippen LogP contribution < -0.4 is 11.2 Å². The Morgan fingerprint density at radius 1 is 1.15 bits per heavy atom. The molecule has 0 unspecified atom stereocenters. The van der Waals surface area contributed by atoms with Crippen molar-refractivity contribution < 1.29 is 4.79 Å². The molecule has 1 fully saturated rings. The zero-order valence-corrected chi connectivity index (χ0v) is 15.1. The van der Waals surface area contributed by atoms with Crippen molar-refractivity contribution in [2.24, 2.45) is 0 Å². The van der Waals surface area contributed by atoms with Gasteiger partial charge in [-0.3, -0.25) is 19.1 Å². The van der Waals surface area contributed by atoms with Crippen LogP contribution in [-0.2, 0) is 0 Å². The van der Waals surface area contributed by atoms with Gasteiger partial charge in [-0.25, -0.2) is 9.78 Å². The zero-order chi connectivity index (χ0) is 19.0. The summed E-state index contributed by atoms with van der Waals surface area (Å²) in [4.78, 5) is 46.2. The van der Waals surface area contributed by atoms with E-state index in [-0.39, 0.29) is 23.2 Å². The van der Waals surface area contributed by atoms with Crippen molar-refractivity contribution in [1.29, 1.82) is 0 Å². The molecule has 0 radical (unpaired) electrons. The van der Waals surface area contributed by atoms with Gasteiger partial charge in [-0.15, -0.1) is 0 Å². The molecule has 0 aliphatic carbocycles. The van der Waals surface area contributed by atoms with E-state index in [0.717, 1.165) is 0 Å². The maximum Gasteiger partial charge on any atom is 0.330 e. The Morgan fingerprint density at radius 3 is 2.67 bits per heavy atom. The van der Waals surface area contributed by atoms with Crippen molar-refractivity contribution >= 4 is 28.5 Å². The second-order valence-electron chi connectivity index (χ2n) is 6.54. The van der Waals surface area contributed by atoms with Crippen LogP contribution in [0.25, 0.3) is 11.0 Å². The zero-order valence-electron chi connectivity index (χ0n) is 14.4. The Morgan fingerprint density at radius 2 is 1.93 bits per heavy atom. The molecule has 3 aromatic rings. The van der Waals surface area contributed by atoms with Crippen molar-refractivity contribution in [1.82, 2.24) is 19.4 Å². The van der Waals surface area contributed by atoms with Crippen LogP contribution in [-0.4, -0.2) is 38.4 Å². The van der Waals surface area contributed by atoms with Gasteiger partial charge in [0.05, 0.1) is 5.39 Å². The van der Waals surface area contributed by atoms with Crippen molar-refractivity contribution in [3.8, 4) is 0 Å². The summed E-state index contributed by atoms with van der Waals surface area (Å²) in [6.07, 6.45) is 2.59. The molecule has 8 heteroatoms. The number of H-pyrrole nitrogens is 1. The van der Waals surface area contributed by atoms with Crippen LogP contribution in [0, 0.1) is 0 Å². The quantitative estimate of drug-likeness (QED) is 0.733. The average Bonchev–Trinajstić information content (AvgIpc) is 2.68. The monoisotopic (exact) mass is 384 g/mol. The normalized spacial score (nSPS) is 15.2. The molecule has 3 heterocycles. The highest BCUT2D eigenvalue weighted by Gasteiger charge is 2.27. The maximum atomic E-state index is 12.7. The van der Waals surface area contributed by atoms with E-state index in [2.05, 4.69) is 9.97 Å². The minimum atomic E-state index is -0.467. The van der Waals surface area contributed by atoms with Gasteiger partial charge in [0.2, 0.25) is 0 Å². The lowest BCUT2D eigenvalue weighted by Crippen LogP contribution is -2.45. The number of hydrogen-bond donors (Lipinski definition) is 1. The summed E-state index contributed by atoms with van der Waals surface area (Å²) in [5.41, 5.74) is 0.0114. The second-order valence-corrected chi connectivity index (χ2v) is 6.98. The summed E-state index contributed by atoms with van der Waals surface area (Å²) in [5.74, 6) is -0.0973. The van der Waals surface area contributed by atoms with Gasteiger partial charge >= 0.3 is 5.69 Å². The van der Waals surface area contributed by atoms with E-state index in [0.29, 0.717) is 41.9 Å².